The number of hydrogen-bond donors (Lipinski definition) is 2. The Morgan fingerprint density at radius 2 is 1.95 bits per heavy atom. The summed E-state index contributed by atoms with van der Waals surface area (Å²) in [4.78, 5) is 13.7. The van der Waals surface area contributed by atoms with Crippen LogP contribution in [0.3, 0.4) is 0 Å². The molecule has 37 heavy (non-hydrogen) atoms. The van der Waals surface area contributed by atoms with Crippen LogP contribution in [0.5, 0.6) is 0 Å². The highest BCUT2D eigenvalue weighted by Gasteiger charge is 2.33. The van der Waals surface area contributed by atoms with Gasteiger partial charge in [-0.25, -0.2) is 22.1 Å². The molecule has 2 heterocycles. The first-order chi connectivity index (χ1) is 17.7. The number of aromatic nitrogens is 1. The largest absolute Gasteiger partial charge is 0.345 e. The van der Waals surface area contributed by atoms with Crippen molar-refractivity contribution in [3.63, 3.8) is 0 Å². The molecular formula is C28H28F2N4O2S. The van der Waals surface area contributed by atoms with Gasteiger partial charge in [-0.05, 0) is 43.4 Å². The third-order valence-electron chi connectivity index (χ3n) is 6.48. The number of halogens is 2. The highest BCUT2D eigenvalue weighted by atomic mass is 32.2. The number of aryl methyl sites for hydroxylation is 2. The third-order valence-corrected chi connectivity index (χ3v) is 8.57. The van der Waals surface area contributed by atoms with Gasteiger partial charge in [-0.3, -0.25) is 4.79 Å². The van der Waals surface area contributed by atoms with Gasteiger partial charge in [0.25, 0.3) is 5.91 Å². The summed E-state index contributed by atoms with van der Waals surface area (Å²) < 4.78 is 50.8. The van der Waals surface area contributed by atoms with Gasteiger partial charge in [-0.1, -0.05) is 54.6 Å². The van der Waals surface area contributed by atoms with Crippen LogP contribution in [0, 0.1) is 11.6 Å². The van der Waals surface area contributed by atoms with Crippen LogP contribution >= 0.6 is 0 Å². The fourth-order valence-corrected chi connectivity index (χ4v) is 6.60. The number of nitrogens with one attached hydrogen (secondary N) is 2. The Morgan fingerprint density at radius 3 is 2.65 bits per heavy atom. The van der Waals surface area contributed by atoms with E-state index in [1.165, 1.54) is 11.6 Å². The standard InChI is InChI=1S/C28H28F2N4O2S/c1-18(8-9-19-6-4-3-5-7-19)25-15-13-22-26(37(36,33-25)32-20-10-11-20)17-34(2)27(22)28(35)31-21-12-14-23(29)24(30)16-21/h3-7,12-17,20,25H,1,8-11H2,2H3,(H,31,35)(H,32,33,36)/t25-,37?/m1/s1. The lowest BCUT2D eigenvalue weighted by atomic mass is 10.00. The number of fused-ring (bicyclic) bond motifs is 1. The first-order valence-corrected chi connectivity index (χ1v) is 13.6. The van der Waals surface area contributed by atoms with Crippen LogP contribution in [0.4, 0.5) is 14.5 Å². The minimum atomic E-state index is -3.08. The van der Waals surface area contributed by atoms with Crippen LogP contribution in [0.2, 0.25) is 0 Å². The summed E-state index contributed by atoms with van der Waals surface area (Å²) >= 11 is 0. The number of hydrogen-bond acceptors (Lipinski definition) is 3. The molecule has 0 saturated heterocycles. The summed E-state index contributed by atoms with van der Waals surface area (Å²) in [6.07, 6.45) is 8.51. The average molecular weight is 523 g/mol. The van der Waals surface area contributed by atoms with Gasteiger partial charge < -0.3 is 9.88 Å². The van der Waals surface area contributed by atoms with Gasteiger partial charge in [0.15, 0.2) is 11.6 Å². The summed E-state index contributed by atoms with van der Waals surface area (Å²) in [6.45, 7) is 4.26. The van der Waals surface area contributed by atoms with Crippen molar-refractivity contribution in [3.8, 4) is 0 Å². The van der Waals surface area contributed by atoms with Gasteiger partial charge in [-0.15, -0.1) is 0 Å². The van der Waals surface area contributed by atoms with Crippen molar-refractivity contribution in [2.45, 2.75) is 42.7 Å². The summed E-state index contributed by atoms with van der Waals surface area (Å²) in [5.41, 5.74) is 2.88. The van der Waals surface area contributed by atoms with Crippen molar-refractivity contribution in [1.29, 1.82) is 0 Å². The summed E-state index contributed by atoms with van der Waals surface area (Å²) in [7, 11) is -1.40. The van der Waals surface area contributed by atoms with E-state index < -0.39 is 33.5 Å². The lowest BCUT2D eigenvalue weighted by Crippen LogP contribution is -2.34. The van der Waals surface area contributed by atoms with Crippen molar-refractivity contribution in [2.24, 2.45) is 11.4 Å². The second kappa shape index (κ2) is 10.1. The fourth-order valence-electron chi connectivity index (χ4n) is 4.31. The molecule has 1 unspecified atom stereocenters. The second-order valence-corrected chi connectivity index (χ2v) is 11.3. The number of nitrogens with zero attached hydrogens (tertiary/aromatic N) is 2. The number of amides is 1. The van der Waals surface area contributed by atoms with Crippen LogP contribution in [-0.2, 0) is 23.4 Å². The molecule has 1 aliphatic carbocycles. The molecule has 2 aliphatic rings. The minimum absolute atomic E-state index is 0.00357. The van der Waals surface area contributed by atoms with Crippen molar-refractivity contribution >= 4 is 27.6 Å². The maximum absolute atomic E-state index is 14.3. The number of carbonyl (C=O) groups excluding carboxylic acids is 1. The number of anilines is 1. The Labute approximate surface area is 215 Å². The molecule has 0 bridgehead atoms. The molecule has 0 radical (unpaired) electrons. The first-order valence-electron chi connectivity index (χ1n) is 12.1. The average Bonchev–Trinajstić information content (AvgIpc) is 3.63. The number of rotatable bonds is 7. The molecular weight excluding hydrogens is 494 g/mol. The number of benzene rings is 2. The van der Waals surface area contributed by atoms with E-state index in [9.17, 15) is 17.8 Å². The lowest BCUT2D eigenvalue weighted by molar-refractivity contribution is 0.101. The second-order valence-electron chi connectivity index (χ2n) is 9.41. The first kappa shape index (κ1) is 25.1. The van der Waals surface area contributed by atoms with E-state index in [4.69, 9.17) is 0 Å². The molecule has 1 saturated carbocycles. The zero-order chi connectivity index (χ0) is 26.2. The molecule has 1 amide bonds. The quantitative estimate of drug-likeness (QED) is 0.395. The fraction of sp³-hybridized carbons (Fsp3) is 0.250. The van der Waals surface area contributed by atoms with E-state index in [1.54, 1.807) is 23.9 Å². The zero-order valence-corrected chi connectivity index (χ0v) is 21.2. The minimum Gasteiger partial charge on any atom is -0.345 e. The third kappa shape index (κ3) is 5.42. The van der Waals surface area contributed by atoms with E-state index in [0.717, 1.165) is 37.0 Å². The topological polar surface area (TPSA) is 75.5 Å². The highest BCUT2D eigenvalue weighted by Crippen LogP contribution is 2.33. The van der Waals surface area contributed by atoms with Gasteiger partial charge in [0, 0.05) is 30.6 Å². The van der Waals surface area contributed by atoms with E-state index in [0.29, 0.717) is 16.9 Å². The summed E-state index contributed by atoms with van der Waals surface area (Å²) in [5.74, 6) is -2.59. The van der Waals surface area contributed by atoms with Crippen molar-refractivity contribution in [3.05, 3.63) is 101 Å². The smallest absolute Gasteiger partial charge is 0.272 e. The van der Waals surface area contributed by atoms with Crippen LogP contribution in [-0.4, -0.2) is 26.8 Å². The molecule has 0 spiro atoms. The highest BCUT2D eigenvalue weighted by molar-refractivity contribution is 7.92. The van der Waals surface area contributed by atoms with Crippen molar-refractivity contribution in [1.82, 2.24) is 9.29 Å². The maximum Gasteiger partial charge on any atom is 0.272 e. The summed E-state index contributed by atoms with van der Waals surface area (Å²) in [6, 6.07) is 12.8. The van der Waals surface area contributed by atoms with Crippen LogP contribution < -0.4 is 10.0 Å². The van der Waals surface area contributed by atoms with Crippen molar-refractivity contribution < 1.29 is 17.8 Å². The molecule has 9 heteroatoms. The molecule has 1 aromatic heterocycles. The lowest BCUT2D eigenvalue weighted by Gasteiger charge is -2.19. The monoisotopic (exact) mass is 522 g/mol. The van der Waals surface area contributed by atoms with Gasteiger partial charge in [0.2, 0.25) is 0 Å². The Morgan fingerprint density at radius 1 is 1.19 bits per heavy atom. The molecule has 2 N–H and O–H groups in total. The molecule has 6 nitrogen and oxygen atoms in total. The van der Waals surface area contributed by atoms with E-state index in [2.05, 4.69) is 33.1 Å². The SMILES string of the molecule is C=C(CCc1ccccc1)[C@H]1C=Cc2c(cn(C)c2C(=O)Nc2ccc(F)c(F)c2)S(=O)(=NC2CC2)N1. The Balaban J connectivity index is 1.47. The van der Waals surface area contributed by atoms with Crippen molar-refractivity contribution in [2.75, 3.05) is 5.32 Å². The Hall–Kier alpha value is -3.56. The van der Waals surface area contributed by atoms with Crippen LogP contribution in [0.25, 0.3) is 6.08 Å². The van der Waals surface area contributed by atoms with Gasteiger partial charge in [0.1, 0.15) is 15.6 Å². The Bertz CT molecular complexity index is 1520. The molecule has 1 fully saturated rings. The molecule has 192 valence electrons. The summed E-state index contributed by atoms with van der Waals surface area (Å²) in [5, 5.41) is 2.61. The van der Waals surface area contributed by atoms with Gasteiger partial charge in [-0.2, -0.15) is 0 Å². The molecule has 1 aliphatic heterocycles. The molecule has 3 aromatic rings. The number of carbonyl (C=O) groups is 1. The van der Waals surface area contributed by atoms with E-state index in [1.807, 2.05) is 24.3 Å². The zero-order valence-electron chi connectivity index (χ0n) is 20.4. The predicted octanol–water partition coefficient (Wildman–Crippen LogP) is 5.63. The maximum atomic E-state index is 14.3. The molecule has 2 atom stereocenters. The van der Waals surface area contributed by atoms with Crippen LogP contribution in [0.1, 0.15) is 40.9 Å². The molecule has 2 aromatic carbocycles. The van der Waals surface area contributed by atoms with E-state index in [-0.39, 0.29) is 17.4 Å². The van der Waals surface area contributed by atoms with E-state index >= 15 is 0 Å². The Kier molecular flexibility index (Phi) is 6.83. The normalized spacial score (nSPS) is 20.7. The predicted molar refractivity (Wildman–Crippen MR) is 141 cm³/mol. The van der Waals surface area contributed by atoms with Crippen LogP contribution in [0.15, 0.2) is 82.2 Å². The van der Waals surface area contributed by atoms with Gasteiger partial charge >= 0.3 is 0 Å². The molecule has 5 rings (SSSR count). The van der Waals surface area contributed by atoms with Gasteiger partial charge in [0.05, 0.1) is 17.0 Å².